The molecule has 1 unspecified atom stereocenters. The summed E-state index contributed by atoms with van der Waals surface area (Å²) >= 11 is 0. The van der Waals surface area contributed by atoms with Crippen LogP contribution < -0.4 is 5.32 Å². The molecule has 2 aliphatic heterocycles. The number of hydrogen-bond acceptors (Lipinski definition) is 7. The van der Waals surface area contributed by atoms with Gasteiger partial charge in [-0.25, -0.2) is 0 Å². The standard InChI is InChI=1S/C22H25N5O6/c23-26-24-8-10-32-12-14-33-13-11-31-9-2-4-16-3-1-5-17-18(16)15-27(22(17)30)19-6-7-20(28)25-21(19)29/h1,3,5,19H,6-15H2,(H,25,28,29). The number of amides is 3. The number of nitrogens with one attached hydrogen (secondary N) is 1. The van der Waals surface area contributed by atoms with E-state index in [1.54, 1.807) is 12.1 Å². The zero-order valence-electron chi connectivity index (χ0n) is 18.1. The van der Waals surface area contributed by atoms with E-state index in [0.29, 0.717) is 57.1 Å². The lowest BCUT2D eigenvalue weighted by Crippen LogP contribution is -2.52. The molecule has 11 nitrogen and oxygen atoms in total. The maximum absolute atomic E-state index is 12.8. The number of imide groups is 1. The van der Waals surface area contributed by atoms with E-state index in [1.165, 1.54) is 4.90 Å². The highest BCUT2D eigenvalue weighted by atomic mass is 16.5. The number of carbonyl (C=O) groups excluding carboxylic acids is 3. The first-order chi connectivity index (χ1) is 16.1. The van der Waals surface area contributed by atoms with Crippen molar-refractivity contribution in [1.29, 1.82) is 0 Å². The van der Waals surface area contributed by atoms with Gasteiger partial charge in [-0.3, -0.25) is 19.7 Å². The molecule has 0 aromatic heterocycles. The summed E-state index contributed by atoms with van der Waals surface area (Å²) in [4.78, 5) is 40.5. The van der Waals surface area contributed by atoms with Crippen LogP contribution in [-0.2, 0) is 30.3 Å². The van der Waals surface area contributed by atoms with E-state index < -0.39 is 11.9 Å². The van der Waals surface area contributed by atoms with Crippen LogP contribution in [0, 0.1) is 11.8 Å². The van der Waals surface area contributed by atoms with Gasteiger partial charge in [0.25, 0.3) is 5.91 Å². The zero-order valence-corrected chi connectivity index (χ0v) is 18.1. The summed E-state index contributed by atoms with van der Waals surface area (Å²) in [6.07, 6.45) is 0.540. The number of nitrogens with zero attached hydrogens (tertiary/aromatic N) is 4. The molecule has 3 rings (SSSR count). The third kappa shape index (κ3) is 6.78. The van der Waals surface area contributed by atoms with E-state index >= 15 is 0 Å². The van der Waals surface area contributed by atoms with Crippen molar-refractivity contribution in [3.8, 4) is 11.8 Å². The van der Waals surface area contributed by atoms with Crippen molar-refractivity contribution in [3.63, 3.8) is 0 Å². The van der Waals surface area contributed by atoms with Crippen LogP contribution in [0.25, 0.3) is 10.4 Å². The first-order valence-corrected chi connectivity index (χ1v) is 10.6. The normalized spacial score (nSPS) is 17.2. The summed E-state index contributed by atoms with van der Waals surface area (Å²) in [5.41, 5.74) is 10.2. The van der Waals surface area contributed by atoms with E-state index in [4.69, 9.17) is 19.7 Å². The molecule has 1 fully saturated rings. The molecule has 0 spiro atoms. The van der Waals surface area contributed by atoms with Gasteiger partial charge in [0.1, 0.15) is 12.6 Å². The molecule has 0 bridgehead atoms. The Morgan fingerprint density at radius 2 is 1.88 bits per heavy atom. The number of ether oxygens (including phenoxy) is 3. The Labute approximate surface area is 191 Å². The number of piperidine rings is 1. The van der Waals surface area contributed by atoms with Gasteiger partial charge in [0.15, 0.2) is 0 Å². The first-order valence-electron chi connectivity index (χ1n) is 10.6. The quantitative estimate of drug-likeness (QED) is 0.132. The number of hydrogen-bond donors (Lipinski definition) is 1. The van der Waals surface area contributed by atoms with Crippen LogP contribution in [0.4, 0.5) is 0 Å². The largest absolute Gasteiger partial charge is 0.379 e. The predicted octanol–water partition coefficient (Wildman–Crippen LogP) is 1.16. The van der Waals surface area contributed by atoms with Crippen molar-refractivity contribution >= 4 is 17.7 Å². The molecule has 1 atom stereocenters. The highest BCUT2D eigenvalue weighted by Gasteiger charge is 2.39. The molecule has 11 heteroatoms. The number of rotatable bonds is 11. The predicted molar refractivity (Wildman–Crippen MR) is 116 cm³/mol. The Morgan fingerprint density at radius 1 is 1.12 bits per heavy atom. The molecule has 3 amide bonds. The minimum Gasteiger partial charge on any atom is -0.379 e. The van der Waals surface area contributed by atoms with Crippen LogP contribution >= 0.6 is 0 Å². The van der Waals surface area contributed by atoms with E-state index in [1.807, 2.05) is 6.07 Å². The fraction of sp³-hybridized carbons (Fsp3) is 0.500. The third-order valence-electron chi connectivity index (χ3n) is 5.12. The molecule has 33 heavy (non-hydrogen) atoms. The van der Waals surface area contributed by atoms with Crippen LogP contribution in [-0.4, -0.2) is 74.8 Å². The number of carbonyl (C=O) groups is 3. The highest BCUT2D eigenvalue weighted by Crippen LogP contribution is 2.29. The summed E-state index contributed by atoms with van der Waals surface area (Å²) in [5.74, 6) is 5.01. The Morgan fingerprint density at radius 3 is 2.64 bits per heavy atom. The van der Waals surface area contributed by atoms with Gasteiger partial charge in [-0.1, -0.05) is 23.0 Å². The average molecular weight is 455 g/mol. The van der Waals surface area contributed by atoms with Gasteiger partial charge in [-0.15, -0.1) is 0 Å². The lowest BCUT2D eigenvalue weighted by atomic mass is 10.0. The molecule has 1 saturated heterocycles. The van der Waals surface area contributed by atoms with Crippen molar-refractivity contribution < 1.29 is 28.6 Å². The third-order valence-corrected chi connectivity index (χ3v) is 5.12. The molecule has 0 aliphatic carbocycles. The average Bonchev–Trinajstić information content (AvgIpc) is 3.14. The Hall–Kier alpha value is -3.42. The second-order valence-corrected chi connectivity index (χ2v) is 7.27. The highest BCUT2D eigenvalue weighted by molar-refractivity contribution is 6.05. The number of fused-ring (bicyclic) bond motifs is 1. The molecule has 0 radical (unpaired) electrons. The topological polar surface area (TPSA) is 143 Å². The fourth-order valence-electron chi connectivity index (χ4n) is 3.55. The van der Waals surface area contributed by atoms with E-state index in [2.05, 4.69) is 27.2 Å². The minimum absolute atomic E-state index is 0.209. The van der Waals surface area contributed by atoms with Crippen LogP contribution in [0.1, 0.15) is 34.3 Å². The van der Waals surface area contributed by atoms with Gasteiger partial charge in [-0.05, 0) is 29.6 Å². The SMILES string of the molecule is [N-]=[N+]=NCCOCCOCCOCC#Cc1cccc2c1CN(C1CCC(=O)NC1=O)C2=O. The lowest BCUT2D eigenvalue weighted by molar-refractivity contribution is -0.136. The van der Waals surface area contributed by atoms with Gasteiger partial charge in [-0.2, -0.15) is 0 Å². The molecule has 2 heterocycles. The second-order valence-electron chi connectivity index (χ2n) is 7.27. The number of azide groups is 1. The van der Waals surface area contributed by atoms with Crippen molar-refractivity contribution in [2.75, 3.05) is 46.2 Å². The molecule has 1 aromatic rings. The van der Waals surface area contributed by atoms with Crippen LogP contribution in [0.5, 0.6) is 0 Å². The Kier molecular flexibility index (Phi) is 9.23. The molecule has 2 aliphatic rings. The van der Waals surface area contributed by atoms with E-state index in [-0.39, 0.29) is 31.4 Å². The summed E-state index contributed by atoms with van der Waals surface area (Å²) < 4.78 is 16.0. The maximum Gasteiger partial charge on any atom is 0.255 e. The summed E-state index contributed by atoms with van der Waals surface area (Å²) in [5, 5.41) is 5.66. The van der Waals surface area contributed by atoms with Crippen LogP contribution in [0.15, 0.2) is 23.3 Å². The monoisotopic (exact) mass is 455 g/mol. The number of benzene rings is 1. The van der Waals surface area contributed by atoms with E-state index in [0.717, 1.165) is 5.56 Å². The van der Waals surface area contributed by atoms with Gasteiger partial charge in [0.05, 0.1) is 33.0 Å². The minimum atomic E-state index is -0.650. The van der Waals surface area contributed by atoms with Crippen LogP contribution in [0.3, 0.4) is 0 Å². The molecule has 1 aromatic carbocycles. The molecule has 174 valence electrons. The van der Waals surface area contributed by atoms with Crippen molar-refractivity contribution in [3.05, 3.63) is 45.3 Å². The zero-order chi connectivity index (χ0) is 23.5. The summed E-state index contributed by atoms with van der Waals surface area (Å²) in [6, 6.07) is 4.67. The smallest absolute Gasteiger partial charge is 0.255 e. The second kappa shape index (κ2) is 12.6. The van der Waals surface area contributed by atoms with Crippen molar-refractivity contribution in [1.82, 2.24) is 10.2 Å². The maximum atomic E-state index is 12.8. The Balaban J connectivity index is 1.41. The van der Waals surface area contributed by atoms with Crippen LogP contribution in [0.2, 0.25) is 0 Å². The Bertz CT molecular complexity index is 995. The van der Waals surface area contributed by atoms with Crippen molar-refractivity contribution in [2.45, 2.75) is 25.4 Å². The molecule has 0 saturated carbocycles. The van der Waals surface area contributed by atoms with Gasteiger partial charge in [0.2, 0.25) is 11.8 Å². The van der Waals surface area contributed by atoms with Gasteiger partial charge < -0.3 is 19.1 Å². The fourth-order valence-corrected chi connectivity index (χ4v) is 3.55. The van der Waals surface area contributed by atoms with Crippen molar-refractivity contribution in [2.24, 2.45) is 5.11 Å². The summed E-state index contributed by atoms with van der Waals surface area (Å²) in [7, 11) is 0. The molecular formula is C22H25N5O6. The summed E-state index contributed by atoms with van der Waals surface area (Å²) in [6.45, 7) is 2.75. The lowest BCUT2D eigenvalue weighted by Gasteiger charge is -2.29. The van der Waals surface area contributed by atoms with E-state index in [9.17, 15) is 14.4 Å². The molecule has 1 N–H and O–H groups in total. The van der Waals surface area contributed by atoms with Gasteiger partial charge >= 0.3 is 0 Å². The molecular weight excluding hydrogens is 430 g/mol. The first kappa shape index (κ1) is 24.2. The van der Waals surface area contributed by atoms with Gasteiger partial charge in [0, 0.05) is 35.5 Å².